The second-order valence-corrected chi connectivity index (χ2v) is 7.55. The SMILES string of the molecule is Cc1nn2c(COc3ccc(NC(=O)c4ccc([N+](=O)[O-])cc4)cc3)nnc2c2ccccc12. The van der Waals surface area contributed by atoms with Gasteiger partial charge in [-0.2, -0.15) is 9.61 Å². The first-order valence-electron chi connectivity index (χ1n) is 10.4. The van der Waals surface area contributed by atoms with Crippen molar-refractivity contribution in [2.45, 2.75) is 13.5 Å². The molecule has 5 rings (SSSR count). The minimum atomic E-state index is -0.512. The number of hydrogen-bond acceptors (Lipinski definition) is 7. The van der Waals surface area contributed by atoms with Crippen LogP contribution in [0.5, 0.6) is 5.75 Å². The molecule has 2 heterocycles. The molecule has 10 heteroatoms. The molecular formula is C24H18N6O4. The minimum Gasteiger partial charge on any atom is -0.486 e. The van der Waals surface area contributed by atoms with E-state index in [0.29, 0.717) is 28.5 Å². The fourth-order valence-electron chi connectivity index (χ4n) is 3.59. The highest BCUT2D eigenvalue weighted by Crippen LogP contribution is 2.22. The average molecular weight is 454 g/mol. The molecule has 10 nitrogen and oxygen atoms in total. The number of carbonyl (C=O) groups excluding carboxylic acids is 1. The fourth-order valence-corrected chi connectivity index (χ4v) is 3.59. The van der Waals surface area contributed by atoms with Gasteiger partial charge >= 0.3 is 0 Å². The summed E-state index contributed by atoms with van der Waals surface area (Å²) in [6.07, 6.45) is 0. The van der Waals surface area contributed by atoms with E-state index in [1.165, 1.54) is 24.3 Å². The van der Waals surface area contributed by atoms with Crippen molar-refractivity contribution in [3.05, 3.63) is 100.0 Å². The van der Waals surface area contributed by atoms with E-state index < -0.39 is 4.92 Å². The number of nitro groups is 1. The Labute approximate surface area is 193 Å². The Balaban J connectivity index is 1.26. The molecule has 0 spiro atoms. The molecule has 1 amide bonds. The van der Waals surface area contributed by atoms with Gasteiger partial charge in [0.15, 0.2) is 11.5 Å². The number of nitro benzene ring substituents is 1. The zero-order valence-electron chi connectivity index (χ0n) is 18.0. The van der Waals surface area contributed by atoms with Gasteiger partial charge in [0.1, 0.15) is 12.4 Å². The Hall–Kier alpha value is -4.86. The molecule has 1 N–H and O–H groups in total. The molecule has 0 aliphatic rings. The molecule has 5 aromatic rings. The quantitative estimate of drug-likeness (QED) is 0.299. The first-order chi connectivity index (χ1) is 16.5. The summed E-state index contributed by atoms with van der Waals surface area (Å²) in [6.45, 7) is 2.11. The van der Waals surface area contributed by atoms with E-state index in [-0.39, 0.29) is 18.2 Å². The molecule has 0 aliphatic carbocycles. The van der Waals surface area contributed by atoms with Crippen LogP contribution in [0.15, 0.2) is 72.8 Å². The maximum atomic E-state index is 12.4. The number of fused-ring (bicyclic) bond motifs is 3. The van der Waals surface area contributed by atoms with Gasteiger partial charge < -0.3 is 10.1 Å². The van der Waals surface area contributed by atoms with Gasteiger partial charge in [-0.15, -0.1) is 10.2 Å². The summed E-state index contributed by atoms with van der Waals surface area (Å²) in [6, 6.07) is 20.2. The van der Waals surface area contributed by atoms with Crippen molar-refractivity contribution in [1.29, 1.82) is 0 Å². The average Bonchev–Trinajstić information content (AvgIpc) is 3.26. The van der Waals surface area contributed by atoms with Gasteiger partial charge in [0.05, 0.1) is 10.6 Å². The Bertz CT molecular complexity index is 1530. The molecule has 0 radical (unpaired) electrons. The maximum absolute atomic E-state index is 12.4. The van der Waals surface area contributed by atoms with Gasteiger partial charge in [0.2, 0.25) is 0 Å². The van der Waals surface area contributed by atoms with E-state index in [9.17, 15) is 14.9 Å². The van der Waals surface area contributed by atoms with Crippen LogP contribution in [0.2, 0.25) is 0 Å². The number of rotatable bonds is 6. The van der Waals surface area contributed by atoms with Gasteiger partial charge in [0.25, 0.3) is 11.6 Å². The van der Waals surface area contributed by atoms with Gasteiger partial charge in [-0.1, -0.05) is 24.3 Å². The second kappa shape index (κ2) is 8.58. The lowest BCUT2D eigenvalue weighted by Crippen LogP contribution is -2.11. The van der Waals surface area contributed by atoms with E-state index in [1.807, 2.05) is 31.2 Å². The summed E-state index contributed by atoms with van der Waals surface area (Å²) in [5.41, 5.74) is 2.35. The normalized spacial score (nSPS) is 11.0. The summed E-state index contributed by atoms with van der Waals surface area (Å²) in [7, 11) is 0. The van der Waals surface area contributed by atoms with Crippen LogP contribution < -0.4 is 10.1 Å². The third-order valence-corrected chi connectivity index (χ3v) is 5.33. The minimum absolute atomic E-state index is 0.0722. The predicted molar refractivity (Wildman–Crippen MR) is 125 cm³/mol. The lowest BCUT2D eigenvalue weighted by molar-refractivity contribution is -0.384. The van der Waals surface area contributed by atoms with Crippen molar-refractivity contribution < 1.29 is 14.5 Å². The van der Waals surface area contributed by atoms with Crippen molar-refractivity contribution in [2.24, 2.45) is 0 Å². The molecular weight excluding hydrogens is 436 g/mol. The second-order valence-electron chi connectivity index (χ2n) is 7.55. The lowest BCUT2D eigenvalue weighted by atomic mass is 10.1. The van der Waals surface area contributed by atoms with Crippen molar-refractivity contribution in [1.82, 2.24) is 19.8 Å². The van der Waals surface area contributed by atoms with Crippen molar-refractivity contribution in [3.63, 3.8) is 0 Å². The number of amides is 1. The zero-order valence-corrected chi connectivity index (χ0v) is 18.0. The highest BCUT2D eigenvalue weighted by atomic mass is 16.6. The molecule has 0 bridgehead atoms. The number of carbonyl (C=O) groups is 1. The number of ether oxygens (including phenoxy) is 1. The van der Waals surface area contributed by atoms with E-state index in [2.05, 4.69) is 20.6 Å². The smallest absolute Gasteiger partial charge is 0.269 e. The third kappa shape index (κ3) is 3.99. The number of nitrogens with zero attached hydrogens (tertiary/aromatic N) is 5. The molecule has 0 saturated carbocycles. The summed E-state index contributed by atoms with van der Waals surface area (Å²) >= 11 is 0. The predicted octanol–water partition coefficient (Wildman–Crippen LogP) is 4.33. The van der Waals surface area contributed by atoms with Crippen LogP contribution in [0.1, 0.15) is 21.9 Å². The molecule has 0 saturated heterocycles. The zero-order chi connectivity index (χ0) is 23.7. The summed E-state index contributed by atoms with van der Waals surface area (Å²) < 4.78 is 7.54. The van der Waals surface area contributed by atoms with Crippen LogP contribution >= 0.6 is 0 Å². The molecule has 3 aromatic carbocycles. The Morgan fingerprint density at radius 2 is 1.71 bits per heavy atom. The van der Waals surface area contributed by atoms with Crippen molar-refractivity contribution in [3.8, 4) is 5.75 Å². The molecule has 2 aromatic heterocycles. The Morgan fingerprint density at radius 1 is 1.00 bits per heavy atom. The number of nitrogens with one attached hydrogen (secondary N) is 1. The molecule has 168 valence electrons. The van der Waals surface area contributed by atoms with Crippen LogP contribution in [0.25, 0.3) is 16.4 Å². The molecule has 0 fully saturated rings. The number of benzene rings is 3. The van der Waals surface area contributed by atoms with Crippen molar-refractivity contribution in [2.75, 3.05) is 5.32 Å². The number of anilines is 1. The summed E-state index contributed by atoms with van der Waals surface area (Å²) in [5.74, 6) is 0.786. The molecule has 0 unspecified atom stereocenters. The van der Waals surface area contributed by atoms with Crippen LogP contribution in [0.4, 0.5) is 11.4 Å². The highest BCUT2D eigenvalue weighted by Gasteiger charge is 2.13. The molecule has 0 atom stereocenters. The van der Waals surface area contributed by atoms with Gasteiger partial charge in [-0.3, -0.25) is 14.9 Å². The standard InChI is InChI=1S/C24H18N6O4/c1-15-20-4-2-3-5-21(20)23-27-26-22(29(23)28-15)14-34-19-12-8-17(9-13-19)25-24(31)16-6-10-18(11-7-16)30(32)33/h2-13H,14H2,1H3,(H,25,31). The van der Waals surface area contributed by atoms with E-state index in [0.717, 1.165) is 16.5 Å². The lowest BCUT2D eigenvalue weighted by Gasteiger charge is -2.08. The fraction of sp³-hybridized carbons (Fsp3) is 0.0833. The summed E-state index contributed by atoms with van der Waals surface area (Å²) in [5, 5.41) is 28.6. The third-order valence-electron chi connectivity index (χ3n) is 5.33. The van der Waals surface area contributed by atoms with Crippen LogP contribution in [0, 0.1) is 17.0 Å². The number of non-ortho nitro benzene ring substituents is 1. The maximum Gasteiger partial charge on any atom is 0.269 e. The van der Waals surface area contributed by atoms with E-state index in [1.54, 1.807) is 28.8 Å². The monoisotopic (exact) mass is 454 g/mol. The summed E-state index contributed by atoms with van der Waals surface area (Å²) in [4.78, 5) is 22.6. The van der Waals surface area contributed by atoms with E-state index in [4.69, 9.17) is 4.74 Å². The van der Waals surface area contributed by atoms with Crippen LogP contribution in [-0.2, 0) is 6.61 Å². The molecule has 0 aliphatic heterocycles. The highest BCUT2D eigenvalue weighted by molar-refractivity contribution is 6.04. The van der Waals surface area contributed by atoms with Crippen LogP contribution in [-0.4, -0.2) is 30.6 Å². The molecule has 34 heavy (non-hydrogen) atoms. The number of hydrogen-bond donors (Lipinski definition) is 1. The van der Waals surface area contributed by atoms with Gasteiger partial charge in [-0.05, 0) is 43.3 Å². The Kier molecular flexibility index (Phi) is 5.30. The van der Waals surface area contributed by atoms with Gasteiger partial charge in [0, 0.05) is 34.2 Å². The van der Waals surface area contributed by atoms with Gasteiger partial charge in [-0.25, -0.2) is 0 Å². The first kappa shape index (κ1) is 21.0. The van der Waals surface area contributed by atoms with Crippen molar-refractivity contribution >= 4 is 33.7 Å². The topological polar surface area (TPSA) is 125 Å². The Morgan fingerprint density at radius 3 is 2.41 bits per heavy atom. The van der Waals surface area contributed by atoms with Crippen LogP contribution in [0.3, 0.4) is 0 Å². The number of aryl methyl sites for hydroxylation is 1. The van der Waals surface area contributed by atoms with E-state index >= 15 is 0 Å². The number of aromatic nitrogens is 4. The first-order valence-corrected chi connectivity index (χ1v) is 10.4. The largest absolute Gasteiger partial charge is 0.486 e.